The highest BCUT2D eigenvalue weighted by Gasteiger charge is 2.06. The number of rotatable bonds is 7. The lowest BCUT2D eigenvalue weighted by atomic mass is 10.2. The summed E-state index contributed by atoms with van der Waals surface area (Å²) in [5.41, 5.74) is 1.48. The van der Waals surface area contributed by atoms with Gasteiger partial charge in [0.15, 0.2) is 0 Å². The maximum Gasteiger partial charge on any atom is 0.332 e. The van der Waals surface area contributed by atoms with E-state index in [1.54, 1.807) is 37.9 Å². The van der Waals surface area contributed by atoms with E-state index in [1.165, 1.54) is 6.08 Å². The monoisotopic (exact) mass is 280 g/mol. The molecule has 0 fully saturated rings. The lowest BCUT2D eigenvalue weighted by Gasteiger charge is -2.02. The van der Waals surface area contributed by atoms with Crippen molar-refractivity contribution >= 4 is 17.6 Å². The molecule has 1 heterocycles. The highest BCUT2D eigenvalue weighted by molar-refractivity contribution is 5.87. The number of imidazole rings is 1. The third-order valence-electron chi connectivity index (χ3n) is 2.55. The van der Waals surface area contributed by atoms with Crippen molar-refractivity contribution in [3.63, 3.8) is 0 Å². The molecule has 0 aliphatic heterocycles. The minimum Gasteiger partial charge on any atom is -0.466 e. The van der Waals surface area contributed by atoms with E-state index in [0.717, 1.165) is 5.69 Å². The zero-order chi connectivity index (χ0) is 15.0. The number of allylic oxidation sites excluding steroid dienone is 1. The lowest BCUT2D eigenvalue weighted by molar-refractivity contribution is -0.143. The van der Waals surface area contributed by atoms with E-state index in [-0.39, 0.29) is 11.9 Å². The molecule has 1 rings (SSSR count). The average molecular weight is 280 g/mol. The van der Waals surface area contributed by atoms with Crippen LogP contribution >= 0.6 is 0 Å². The number of ether oxygens (including phenoxy) is 2. The quantitative estimate of drug-likeness (QED) is 0.562. The number of hydrogen-bond donors (Lipinski definition) is 0. The third-order valence-corrected chi connectivity index (χ3v) is 2.55. The van der Waals surface area contributed by atoms with Crippen LogP contribution in [0.5, 0.6) is 0 Å². The number of hydrogen-bond acceptors (Lipinski definition) is 5. The Morgan fingerprint density at radius 2 is 2.00 bits per heavy atom. The predicted octanol–water partition coefficient (Wildman–Crippen LogP) is 1.80. The SMILES string of the molecule is CCOC(=O)/C=C(\C)n1cnc(CCC(=O)OCC)c1. The highest BCUT2D eigenvalue weighted by atomic mass is 16.5. The van der Waals surface area contributed by atoms with Crippen LogP contribution in [0, 0.1) is 0 Å². The molecule has 0 aliphatic rings. The molecule has 6 nitrogen and oxygen atoms in total. The first-order chi connectivity index (χ1) is 9.56. The predicted molar refractivity (Wildman–Crippen MR) is 73.8 cm³/mol. The van der Waals surface area contributed by atoms with Gasteiger partial charge in [-0.25, -0.2) is 9.78 Å². The highest BCUT2D eigenvalue weighted by Crippen LogP contribution is 2.08. The summed E-state index contributed by atoms with van der Waals surface area (Å²) in [4.78, 5) is 26.8. The second kappa shape index (κ2) is 8.14. The van der Waals surface area contributed by atoms with Gasteiger partial charge in [-0.3, -0.25) is 4.79 Å². The first-order valence-electron chi connectivity index (χ1n) is 6.60. The molecule has 0 N–H and O–H groups in total. The molecule has 0 bridgehead atoms. The van der Waals surface area contributed by atoms with E-state index in [9.17, 15) is 9.59 Å². The summed E-state index contributed by atoms with van der Waals surface area (Å²) in [6, 6.07) is 0. The van der Waals surface area contributed by atoms with Crippen molar-refractivity contribution in [2.24, 2.45) is 0 Å². The normalized spacial score (nSPS) is 11.2. The molecule has 1 aromatic heterocycles. The molecule has 0 aliphatic carbocycles. The number of carbonyl (C=O) groups is 2. The van der Waals surface area contributed by atoms with E-state index in [0.29, 0.717) is 31.8 Å². The Bertz CT molecular complexity index is 491. The zero-order valence-electron chi connectivity index (χ0n) is 12.1. The van der Waals surface area contributed by atoms with Gasteiger partial charge in [-0.05, 0) is 20.8 Å². The Labute approximate surface area is 118 Å². The third kappa shape index (κ3) is 5.26. The molecular weight excluding hydrogens is 260 g/mol. The number of aromatic nitrogens is 2. The van der Waals surface area contributed by atoms with Gasteiger partial charge in [0.05, 0.1) is 31.7 Å². The molecule has 1 aromatic rings. The Morgan fingerprint density at radius 1 is 1.30 bits per heavy atom. The topological polar surface area (TPSA) is 70.4 Å². The zero-order valence-corrected chi connectivity index (χ0v) is 12.1. The molecule has 6 heteroatoms. The van der Waals surface area contributed by atoms with Gasteiger partial charge in [-0.1, -0.05) is 0 Å². The minimum atomic E-state index is -0.383. The van der Waals surface area contributed by atoms with Crippen LogP contribution in [0.1, 0.15) is 32.9 Å². The van der Waals surface area contributed by atoms with Crippen LogP contribution in [-0.4, -0.2) is 34.7 Å². The summed E-state index contributed by atoms with van der Waals surface area (Å²) in [5, 5.41) is 0. The van der Waals surface area contributed by atoms with Crippen molar-refractivity contribution in [3.05, 3.63) is 24.3 Å². The maximum absolute atomic E-state index is 11.3. The molecule has 0 aromatic carbocycles. The molecule has 110 valence electrons. The summed E-state index contributed by atoms with van der Waals surface area (Å²) in [7, 11) is 0. The smallest absolute Gasteiger partial charge is 0.332 e. The van der Waals surface area contributed by atoms with Crippen molar-refractivity contribution in [1.82, 2.24) is 9.55 Å². The van der Waals surface area contributed by atoms with Crippen LogP contribution in [-0.2, 0) is 25.5 Å². The fourth-order valence-corrected chi connectivity index (χ4v) is 1.58. The fourth-order valence-electron chi connectivity index (χ4n) is 1.58. The van der Waals surface area contributed by atoms with Gasteiger partial charge >= 0.3 is 11.9 Å². The summed E-state index contributed by atoms with van der Waals surface area (Å²) < 4.78 is 11.4. The van der Waals surface area contributed by atoms with Crippen molar-refractivity contribution in [3.8, 4) is 0 Å². The molecular formula is C14H20N2O4. The van der Waals surface area contributed by atoms with Gasteiger partial charge in [-0.2, -0.15) is 0 Å². The van der Waals surface area contributed by atoms with Crippen LogP contribution in [0.15, 0.2) is 18.6 Å². The molecule has 0 spiro atoms. The fraction of sp³-hybridized carbons (Fsp3) is 0.500. The summed E-state index contributed by atoms with van der Waals surface area (Å²) >= 11 is 0. The van der Waals surface area contributed by atoms with E-state index >= 15 is 0 Å². The molecule has 0 saturated heterocycles. The van der Waals surface area contributed by atoms with Crippen LogP contribution in [0.4, 0.5) is 0 Å². The molecule has 0 radical (unpaired) electrons. The van der Waals surface area contributed by atoms with Gasteiger partial charge in [0, 0.05) is 24.4 Å². The largest absolute Gasteiger partial charge is 0.466 e. The molecule has 0 amide bonds. The Morgan fingerprint density at radius 3 is 2.65 bits per heavy atom. The summed E-state index contributed by atoms with van der Waals surface area (Å²) in [6.07, 6.45) is 5.60. The number of esters is 2. The Balaban J connectivity index is 2.58. The summed E-state index contributed by atoms with van der Waals surface area (Å²) in [5.74, 6) is -0.618. The first kappa shape index (κ1) is 15.9. The van der Waals surface area contributed by atoms with E-state index in [4.69, 9.17) is 9.47 Å². The van der Waals surface area contributed by atoms with Gasteiger partial charge < -0.3 is 14.0 Å². The number of carbonyl (C=O) groups excluding carboxylic acids is 2. The van der Waals surface area contributed by atoms with Crippen molar-refractivity contribution in [2.75, 3.05) is 13.2 Å². The maximum atomic E-state index is 11.3. The molecule has 0 unspecified atom stereocenters. The van der Waals surface area contributed by atoms with Crippen LogP contribution in [0.2, 0.25) is 0 Å². The van der Waals surface area contributed by atoms with Crippen molar-refractivity contribution in [2.45, 2.75) is 33.6 Å². The lowest BCUT2D eigenvalue weighted by Crippen LogP contribution is -2.05. The van der Waals surface area contributed by atoms with Crippen LogP contribution < -0.4 is 0 Å². The van der Waals surface area contributed by atoms with Crippen molar-refractivity contribution < 1.29 is 19.1 Å². The van der Waals surface area contributed by atoms with Crippen molar-refractivity contribution in [1.29, 1.82) is 0 Å². The van der Waals surface area contributed by atoms with Gasteiger partial charge in [-0.15, -0.1) is 0 Å². The van der Waals surface area contributed by atoms with Crippen LogP contribution in [0.3, 0.4) is 0 Å². The van der Waals surface area contributed by atoms with Crippen LogP contribution in [0.25, 0.3) is 5.70 Å². The number of aryl methyl sites for hydroxylation is 1. The molecule has 0 atom stereocenters. The molecule has 0 saturated carbocycles. The Kier molecular flexibility index (Phi) is 6.49. The van der Waals surface area contributed by atoms with Gasteiger partial charge in [0.1, 0.15) is 0 Å². The minimum absolute atomic E-state index is 0.235. The second-order valence-electron chi connectivity index (χ2n) is 4.12. The number of nitrogens with zero attached hydrogens (tertiary/aromatic N) is 2. The first-order valence-corrected chi connectivity index (χ1v) is 6.60. The summed E-state index contributed by atoms with van der Waals surface area (Å²) in [6.45, 7) is 6.04. The Hall–Kier alpha value is -2.11. The average Bonchev–Trinajstić information content (AvgIpc) is 2.86. The van der Waals surface area contributed by atoms with E-state index in [2.05, 4.69) is 4.98 Å². The van der Waals surface area contributed by atoms with Gasteiger partial charge in [0.2, 0.25) is 0 Å². The van der Waals surface area contributed by atoms with Gasteiger partial charge in [0.25, 0.3) is 0 Å². The molecule has 20 heavy (non-hydrogen) atoms. The standard InChI is InChI=1S/C14H20N2O4/c1-4-19-13(17)7-6-12-9-16(10-15-12)11(3)8-14(18)20-5-2/h8-10H,4-7H2,1-3H3/b11-8+. The van der Waals surface area contributed by atoms with E-state index < -0.39 is 0 Å². The second-order valence-corrected chi connectivity index (χ2v) is 4.12. The van der Waals surface area contributed by atoms with E-state index in [1.807, 2.05) is 0 Å².